The Morgan fingerprint density at radius 2 is 1.89 bits per heavy atom. The van der Waals surface area contributed by atoms with Crippen LogP contribution in [-0.4, -0.2) is 24.2 Å². The second-order valence-electron chi connectivity index (χ2n) is 5.84. The fourth-order valence-electron chi connectivity index (χ4n) is 2.76. The molecule has 1 amide bonds. The van der Waals surface area contributed by atoms with E-state index in [0.29, 0.717) is 22.5 Å². The minimum absolute atomic E-state index is 0.0278. The molecule has 0 unspecified atom stereocenters. The van der Waals surface area contributed by atoms with E-state index < -0.39 is 5.97 Å². The fraction of sp³-hybridized carbons (Fsp3) is 0.143. The number of anilines is 1. The van der Waals surface area contributed by atoms with Gasteiger partial charge in [0.05, 0.1) is 18.0 Å². The predicted molar refractivity (Wildman–Crippen MR) is 103 cm³/mol. The average molecular weight is 359 g/mol. The Morgan fingerprint density at radius 1 is 1.19 bits per heavy atom. The van der Waals surface area contributed by atoms with Crippen molar-refractivity contribution >= 4 is 34.5 Å². The Balaban J connectivity index is 1.92. The van der Waals surface area contributed by atoms with E-state index in [1.807, 2.05) is 30.3 Å². The summed E-state index contributed by atoms with van der Waals surface area (Å²) in [6, 6.07) is 16.2. The van der Waals surface area contributed by atoms with Gasteiger partial charge in [-0.05, 0) is 43.2 Å². The normalized spacial score (nSPS) is 14.9. The Hall–Kier alpha value is -3.72. The van der Waals surface area contributed by atoms with Gasteiger partial charge in [0.1, 0.15) is 17.4 Å². The predicted octanol–water partition coefficient (Wildman–Crippen LogP) is 3.62. The van der Waals surface area contributed by atoms with Gasteiger partial charge in [-0.25, -0.2) is 9.79 Å². The molecule has 0 aromatic heterocycles. The van der Waals surface area contributed by atoms with Crippen molar-refractivity contribution < 1.29 is 14.3 Å². The number of para-hydroxylation sites is 1. The molecule has 1 aliphatic heterocycles. The number of aliphatic imine (C=N–C) groups is 1. The number of benzene rings is 2. The van der Waals surface area contributed by atoms with Gasteiger partial charge in [-0.3, -0.25) is 4.79 Å². The number of nitriles is 1. The second kappa shape index (κ2) is 7.67. The molecule has 0 bridgehead atoms. The number of rotatable bonds is 4. The van der Waals surface area contributed by atoms with Crippen LogP contribution in [0.5, 0.6) is 0 Å². The summed E-state index contributed by atoms with van der Waals surface area (Å²) in [4.78, 5) is 28.5. The molecule has 1 N–H and O–H groups in total. The molecule has 0 radical (unpaired) electrons. The summed E-state index contributed by atoms with van der Waals surface area (Å²) in [7, 11) is 0. The first-order chi connectivity index (χ1) is 13.0. The topological polar surface area (TPSA) is 91.6 Å². The van der Waals surface area contributed by atoms with Crippen LogP contribution in [0.3, 0.4) is 0 Å². The van der Waals surface area contributed by atoms with E-state index in [-0.39, 0.29) is 18.1 Å². The number of nitrogens with one attached hydrogen (secondary N) is 1. The van der Waals surface area contributed by atoms with E-state index >= 15 is 0 Å². The summed E-state index contributed by atoms with van der Waals surface area (Å²) < 4.78 is 4.91. The largest absolute Gasteiger partial charge is 0.462 e. The highest BCUT2D eigenvalue weighted by Gasteiger charge is 2.25. The quantitative estimate of drug-likeness (QED) is 0.513. The number of ether oxygens (including phenoxy) is 1. The van der Waals surface area contributed by atoms with Crippen LogP contribution in [0.4, 0.5) is 11.4 Å². The standard InChI is InChI=1S/C21H17N3O3/c1-3-27-21(26)17(12-22)13(2)14-8-10-15(11-9-14)23-19-16-6-4-5-7-18(16)24-20(19)25/h4-11H,3H2,1-2H3,(H,23,24,25)/b17-13-. The Bertz CT molecular complexity index is 1010. The van der Waals surface area contributed by atoms with Crippen molar-refractivity contribution in [1.29, 1.82) is 5.26 Å². The Morgan fingerprint density at radius 3 is 2.56 bits per heavy atom. The first-order valence-electron chi connectivity index (χ1n) is 8.43. The van der Waals surface area contributed by atoms with E-state index in [1.54, 1.807) is 38.1 Å². The van der Waals surface area contributed by atoms with Crippen LogP contribution in [0.25, 0.3) is 5.57 Å². The molecule has 0 spiro atoms. The summed E-state index contributed by atoms with van der Waals surface area (Å²) in [5, 5.41) is 12.0. The van der Waals surface area contributed by atoms with Crippen LogP contribution in [-0.2, 0) is 14.3 Å². The Kier molecular flexibility index (Phi) is 5.13. The minimum atomic E-state index is -0.638. The minimum Gasteiger partial charge on any atom is -0.462 e. The zero-order valence-electron chi connectivity index (χ0n) is 14.9. The molecule has 0 atom stereocenters. The highest BCUT2D eigenvalue weighted by Crippen LogP contribution is 2.27. The van der Waals surface area contributed by atoms with Gasteiger partial charge in [0.25, 0.3) is 5.91 Å². The lowest BCUT2D eigenvalue weighted by Gasteiger charge is -2.06. The molecule has 27 heavy (non-hydrogen) atoms. The molecular formula is C21H17N3O3. The van der Waals surface area contributed by atoms with Crippen molar-refractivity contribution in [2.24, 2.45) is 4.99 Å². The Labute approximate surface area is 156 Å². The van der Waals surface area contributed by atoms with E-state index in [4.69, 9.17) is 4.74 Å². The van der Waals surface area contributed by atoms with Crippen LogP contribution in [0.2, 0.25) is 0 Å². The van der Waals surface area contributed by atoms with Crippen molar-refractivity contribution in [3.05, 3.63) is 65.2 Å². The zero-order valence-corrected chi connectivity index (χ0v) is 14.9. The number of esters is 1. The molecule has 134 valence electrons. The number of nitrogens with zero attached hydrogens (tertiary/aromatic N) is 2. The van der Waals surface area contributed by atoms with Crippen LogP contribution in [0.1, 0.15) is 25.0 Å². The molecule has 1 aliphatic rings. The van der Waals surface area contributed by atoms with Gasteiger partial charge in [-0.2, -0.15) is 5.26 Å². The molecule has 1 heterocycles. The maximum absolute atomic E-state index is 12.1. The summed E-state index contributed by atoms with van der Waals surface area (Å²) in [6.45, 7) is 3.59. The summed E-state index contributed by atoms with van der Waals surface area (Å²) in [5.41, 5.74) is 3.67. The maximum Gasteiger partial charge on any atom is 0.349 e. The lowest BCUT2D eigenvalue weighted by molar-refractivity contribution is -0.137. The third kappa shape index (κ3) is 3.62. The van der Waals surface area contributed by atoms with Crippen LogP contribution in [0.15, 0.2) is 59.1 Å². The van der Waals surface area contributed by atoms with Crippen molar-refractivity contribution in [3.63, 3.8) is 0 Å². The molecule has 6 nitrogen and oxygen atoms in total. The highest BCUT2D eigenvalue weighted by atomic mass is 16.5. The van der Waals surface area contributed by atoms with Gasteiger partial charge in [0.2, 0.25) is 0 Å². The van der Waals surface area contributed by atoms with E-state index in [0.717, 1.165) is 11.3 Å². The number of amides is 1. The monoisotopic (exact) mass is 359 g/mol. The number of hydrogen-bond donors (Lipinski definition) is 1. The molecule has 3 rings (SSSR count). The number of fused-ring (bicyclic) bond motifs is 1. The average Bonchev–Trinajstić information content (AvgIpc) is 2.98. The highest BCUT2D eigenvalue weighted by molar-refractivity contribution is 6.54. The van der Waals surface area contributed by atoms with Gasteiger partial charge in [-0.1, -0.05) is 30.3 Å². The molecule has 0 saturated heterocycles. The van der Waals surface area contributed by atoms with Gasteiger partial charge in [-0.15, -0.1) is 0 Å². The molecular weight excluding hydrogens is 342 g/mol. The summed E-state index contributed by atoms with van der Waals surface area (Å²) in [6.07, 6.45) is 0. The van der Waals surface area contributed by atoms with E-state index in [9.17, 15) is 14.9 Å². The van der Waals surface area contributed by atoms with Gasteiger partial charge < -0.3 is 10.1 Å². The van der Waals surface area contributed by atoms with Crippen molar-refractivity contribution in [2.45, 2.75) is 13.8 Å². The summed E-state index contributed by atoms with van der Waals surface area (Å²) in [5.74, 6) is -0.883. The van der Waals surface area contributed by atoms with E-state index in [1.165, 1.54) is 0 Å². The van der Waals surface area contributed by atoms with Crippen LogP contribution < -0.4 is 5.32 Å². The van der Waals surface area contributed by atoms with Crippen molar-refractivity contribution in [1.82, 2.24) is 0 Å². The molecule has 0 fully saturated rings. The smallest absolute Gasteiger partial charge is 0.349 e. The number of hydrogen-bond acceptors (Lipinski definition) is 5. The lowest BCUT2D eigenvalue weighted by atomic mass is 10.0. The number of carbonyl (C=O) groups is 2. The SMILES string of the molecule is CCOC(=O)/C(C#N)=C(/C)c1ccc(N=C2C(=O)Nc3ccccc32)cc1. The second-order valence-corrected chi connectivity index (χ2v) is 5.84. The fourth-order valence-corrected chi connectivity index (χ4v) is 2.76. The third-order valence-corrected chi connectivity index (χ3v) is 4.15. The van der Waals surface area contributed by atoms with Crippen LogP contribution in [0, 0.1) is 11.3 Å². The first kappa shape index (κ1) is 18.1. The molecule has 6 heteroatoms. The molecule has 2 aromatic rings. The number of carbonyl (C=O) groups excluding carboxylic acids is 2. The number of allylic oxidation sites excluding steroid dienone is 1. The third-order valence-electron chi connectivity index (χ3n) is 4.15. The van der Waals surface area contributed by atoms with Crippen molar-refractivity contribution in [3.8, 4) is 6.07 Å². The van der Waals surface area contributed by atoms with Gasteiger partial charge >= 0.3 is 5.97 Å². The lowest BCUT2D eigenvalue weighted by Crippen LogP contribution is -2.13. The first-order valence-corrected chi connectivity index (χ1v) is 8.43. The molecule has 0 saturated carbocycles. The van der Waals surface area contributed by atoms with Crippen molar-refractivity contribution in [2.75, 3.05) is 11.9 Å². The van der Waals surface area contributed by atoms with Gasteiger partial charge in [0.15, 0.2) is 0 Å². The van der Waals surface area contributed by atoms with E-state index in [2.05, 4.69) is 10.3 Å². The molecule has 0 aliphatic carbocycles. The molecule has 2 aromatic carbocycles. The zero-order chi connectivity index (χ0) is 19.4. The summed E-state index contributed by atoms with van der Waals surface area (Å²) >= 11 is 0. The van der Waals surface area contributed by atoms with Crippen LogP contribution >= 0.6 is 0 Å². The maximum atomic E-state index is 12.1. The van der Waals surface area contributed by atoms with Gasteiger partial charge in [0, 0.05) is 5.56 Å².